The molecule has 0 bridgehead atoms. The predicted octanol–water partition coefficient (Wildman–Crippen LogP) is 0.755. The molecule has 6 heteroatoms. The first-order chi connectivity index (χ1) is 8.38. The van der Waals surface area contributed by atoms with Crippen LogP contribution in [0, 0.1) is 5.92 Å². The number of rotatable bonds is 6. The molecule has 0 heterocycles. The van der Waals surface area contributed by atoms with Crippen LogP contribution in [0.1, 0.15) is 13.8 Å². The summed E-state index contributed by atoms with van der Waals surface area (Å²) in [4.78, 5) is 2.29. The SMILES string of the molecule is CCN(CC(C)CN)c1ccc(S(N)(=O)=O)cc1. The van der Waals surface area contributed by atoms with Gasteiger partial charge in [-0.05, 0) is 43.7 Å². The van der Waals surface area contributed by atoms with E-state index in [1.54, 1.807) is 12.1 Å². The number of nitrogens with two attached hydrogens (primary N) is 2. The van der Waals surface area contributed by atoms with Gasteiger partial charge in [0.15, 0.2) is 0 Å². The fraction of sp³-hybridized carbons (Fsp3) is 0.500. The van der Waals surface area contributed by atoms with Crippen LogP contribution in [0.25, 0.3) is 0 Å². The molecule has 0 amide bonds. The van der Waals surface area contributed by atoms with Crippen molar-refractivity contribution in [2.24, 2.45) is 16.8 Å². The normalized spacial score (nSPS) is 13.3. The molecule has 0 saturated carbocycles. The third-order valence-electron chi connectivity index (χ3n) is 2.85. The molecule has 1 atom stereocenters. The Morgan fingerprint density at radius 1 is 1.28 bits per heavy atom. The quantitative estimate of drug-likeness (QED) is 0.799. The van der Waals surface area contributed by atoms with E-state index in [-0.39, 0.29) is 4.90 Å². The van der Waals surface area contributed by atoms with E-state index in [0.29, 0.717) is 12.5 Å². The van der Waals surface area contributed by atoms with Gasteiger partial charge in [-0.25, -0.2) is 13.6 Å². The van der Waals surface area contributed by atoms with E-state index in [2.05, 4.69) is 18.7 Å². The standard InChI is InChI=1S/C12H21N3O2S/c1-3-15(9-10(2)8-13)11-4-6-12(7-5-11)18(14,16)17/h4-7,10H,3,8-9,13H2,1-2H3,(H2,14,16,17). The van der Waals surface area contributed by atoms with Gasteiger partial charge in [-0.15, -0.1) is 0 Å². The summed E-state index contributed by atoms with van der Waals surface area (Å²) in [6.45, 7) is 6.46. The number of sulfonamides is 1. The minimum absolute atomic E-state index is 0.133. The lowest BCUT2D eigenvalue weighted by atomic mass is 10.1. The van der Waals surface area contributed by atoms with Crippen LogP contribution in [0.2, 0.25) is 0 Å². The maximum absolute atomic E-state index is 11.2. The van der Waals surface area contributed by atoms with Crippen LogP contribution in [0.4, 0.5) is 5.69 Å². The Balaban J connectivity index is 2.89. The molecular weight excluding hydrogens is 250 g/mol. The van der Waals surface area contributed by atoms with Gasteiger partial charge in [-0.1, -0.05) is 6.92 Å². The van der Waals surface area contributed by atoms with Crippen molar-refractivity contribution in [1.82, 2.24) is 0 Å². The molecule has 5 nitrogen and oxygen atoms in total. The van der Waals surface area contributed by atoms with E-state index in [0.717, 1.165) is 18.8 Å². The molecule has 0 spiro atoms. The van der Waals surface area contributed by atoms with Gasteiger partial charge in [0.25, 0.3) is 0 Å². The molecule has 102 valence electrons. The zero-order valence-electron chi connectivity index (χ0n) is 10.8. The molecule has 0 saturated heterocycles. The Labute approximate surface area is 109 Å². The molecule has 1 aromatic carbocycles. The molecule has 0 aliphatic carbocycles. The average Bonchev–Trinajstić information content (AvgIpc) is 2.34. The summed E-state index contributed by atoms with van der Waals surface area (Å²) in [6.07, 6.45) is 0. The van der Waals surface area contributed by atoms with Crippen LogP contribution >= 0.6 is 0 Å². The first kappa shape index (κ1) is 14.9. The maximum atomic E-state index is 11.2. The molecule has 0 aliphatic rings. The maximum Gasteiger partial charge on any atom is 0.238 e. The second-order valence-corrected chi connectivity index (χ2v) is 5.98. The fourth-order valence-corrected chi connectivity index (χ4v) is 2.23. The predicted molar refractivity (Wildman–Crippen MR) is 73.9 cm³/mol. The van der Waals surface area contributed by atoms with Crippen molar-refractivity contribution in [3.63, 3.8) is 0 Å². The smallest absolute Gasteiger partial charge is 0.238 e. The highest BCUT2D eigenvalue weighted by atomic mass is 32.2. The summed E-state index contributed by atoms with van der Waals surface area (Å²) in [5.41, 5.74) is 6.59. The van der Waals surface area contributed by atoms with Crippen LogP contribution in [0.3, 0.4) is 0 Å². The Morgan fingerprint density at radius 2 is 1.83 bits per heavy atom. The summed E-state index contributed by atoms with van der Waals surface area (Å²) in [5, 5.41) is 5.06. The van der Waals surface area contributed by atoms with E-state index < -0.39 is 10.0 Å². The second-order valence-electron chi connectivity index (χ2n) is 4.42. The minimum Gasteiger partial charge on any atom is -0.371 e. The van der Waals surface area contributed by atoms with Gasteiger partial charge < -0.3 is 10.6 Å². The van der Waals surface area contributed by atoms with Crippen molar-refractivity contribution in [2.75, 3.05) is 24.5 Å². The third kappa shape index (κ3) is 3.97. The van der Waals surface area contributed by atoms with Crippen LogP contribution in [0.15, 0.2) is 29.2 Å². The summed E-state index contributed by atoms with van der Waals surface area (Å²) in [7, 11) is -3.62. The van der Waals surface area contributed by atoms with Crippen molar-refractivity contribution in [1.29, 1.82) is 0 Å². The van der Waals surface area contributed by atoms with Crippen LogP contribution in [-0.2, 0) is 10.0 Å². The molecule has 0 aliphatic heterocycles. The molecule has 4 N–H and O–H groups in total. The molecule has 1 unspecified atom stereocenters. The van der Waals surface area contributed by atoms with Crippen LogP contribution in [0.5, 0.6) is 0 Å². The van der Waals surface area contributed by atoms with E-state index in [9.17, 15) is 8.42 Å². The van der Waals surface area contributed by atoms with Gasteiger partial charge in [0.1, 0.15) is 0 Å². The topological polar surface area (TPSA) is 89.4 Å². The Morgan fingerprint density at radius 3 is 2.22 bits per heavy atom. The Bertz CT molecular complexity index is 471. The van der Waals surface area contributed by atoms with Crippen molar-refractivity contribution in [2.45, 2.75) is 18.7 Å². The zero-order valence-corrected chi connectivity index (χ0v) is 11.7. The summed E-state index contributed by atoms with van der Waals surface area (Å²) >= 11 is 0. The summed E-state index contributed by atoms with van der Waals surface area (Å²) in [6, 6.07) is 6.60. The minimum atomic E-state index is -3.62. The Kier molecular flexibility index (Phi) is 5.13. The van der Waals surface area contributed by atoms with Gasteiger partial charge >= 0.3 is 0 Å². The van der Waals surface area contributed by atoms with Crippen LogP contribution in [-0.4, -0.2) is 28.1 Å². The lowest BCUT2D eigenvalue weighted by Gasteiger charge is -2.26. The van der Waals surface area contributed by atoms with E-state index in [1.165, 1.54) is 12.1 Å². The van der Waals surface area contributed by atoms with Crippen molar-refractivity contribution >= 4 is 15.7 Å². The van der Waals surface area contributed by atoms with Gasteiger partial charge in [0, 0.05) is 18.8 Å². The molecule has 0 radical (unpaired) electrons. The van der Waals surface area contributed by atoms with E-state index in [4.69, 9.17) is 10.9 Å². The number of hydrogen-bond acceptors (Lipinski definition) is 4. The molecule has 1 aromatic rings. The number of benzene rings is 1. The van der Waals surface area contributed by atoms with Crippen LogP contribution < -0.4 is 15.8 Å². The molecule has 18 heavy (non-hydrogen) atoms. The van der Waals surface area contributed by atoms with Gasteiger partial charge in [-0.3, -0.25) is 0 Å². The monoisotopic (exact) mass is 271 g/mol. The van der Waals surface area contributed by atoms with Crippen molar-refractivity contribution in [3.8, 4) is 0 Å². The van der Waals surface area contributed by atoms with E-state index >= 15 is 0 Å². The van der Waals surface area contributed by atoms with Crippen molar-refractivity contribution < 1.29 is 8.42 Å². The molecule has 1 rings (SSSR count). The number of anilines is 1. The Hall–Kier alpha value is -1.11. The lowest BCUT2D eigenvalue weighted by molar-refractivity contribution is 0.576. The molecule has 0 aromatic heterocycles. The first-order valence-corrected chi connectivity index (χ1v) is 7.51. The fourth-order valence-electron chi connectivity index (χ4n) is 1.71. The largest absolute Gasteiger partial charge is 0.371 e. The summed E-state index contributed by atoms with van der Waals surface area (Å²) in [5.74, 6) is 0.392. The zero-order chi connectivity index (χ0) is 13.8. The third-order valence-corrected chi connectivity index (χ3v) is 3.78. The molecule has 0 fully saturated rings. The average molecular weight is 271 g/mol. The van der Waals surface area contributed by atoms with Gasteiger partial charge in [-0.2, -0.15) is 0 Å². The number of primary sulfonamides is 1. The van der Waals surface area contributed by atoms with Gasteiger partial charge in [0.05, 0.1) is 4.90 Å². The van der Waals surface area contributed by atoms with E-state index in [1.807, 2.05) is 0 Å². The summed E-state index contributed by atoms with van der Waals surface area (Å²) < 4.78 is 22.3. The second kappa shape index (κ2) is 6.17. The van der Waals surface area contributed by atoms with Crippen molar-refractivity contribution in [3.05, 3.63) is 24.3 Å². The lowest BCUT2D eigenvalue weighted by Crippen LogP contribution is -2.31. The van der Waals surface area contributed by atoms with Gasteiger partial charge in [0.2, 0.25) is 10.0 Å². The highest BCUT2D eigenvalue weighted by Crippen LogP contribution is 2.18. The number of hydrogen-bond donors (Lipinski definition) is 2. The first-order valence-electron chi connectivity index (χ1n) is 5.96. The molecular formula is C12H21N3O2S. The number of nitrogens with zero attached hydrogens (tertiary/aromatic N) is 1. The highest BCUT2D eigenvalue weighted by Gasteiger charge is 2.11. The highest BCUT2D eigenvalue weighted by molar-refractivity contribution is 7.89.